The van der Waals surface area contributed by atoms with Crippen molar-refractivity contribution in [1.82, 2.24) is 14.8 Å². The van der Waals surface area contributed by atoms with E-state index in [0.29, 0.717) is 23.3 Å². The number of fused-ring (bicyclic) bond motifs is 3. The normalized spacial score (nSPS) is 16.3. The number of hydrogen-bond acceptors (Lipinski definition) is 6. The summed E-state index contributed by atoms with van der Waals surface area (Å²) in [5.74, 6) is 2.32. The number of ether oxygens (including phenoxy) is 2. The topological polar surface area (TPSA) is 69.5 Å². The molecule has 0 saturated carbocycles. The Morgan fingerprint density at radius 3 is 2.26 bits per heavy atom. The molecular weight excluding hydrogens is 460 g/mol. The first kappa shape index (κ1) is 21.7. The Hall–Kier alpha value is -3.78. The minimum atomic E-state index is -0.364. The number of anilines is 2. The molecule has 176 valence electrons. The Morgan fingerprint density at radius 1 is 0.914 bits per heavy atom. The van der Waals surface area contributed by atoms with E-state index in [2.05, 4.69) is 22.3 Å². The Morgan fingerprint density at radius 2 is 1.54 bits per heavy atom. The fourth-order valence-electron chi connectivity index (χ4n) is 4.62. The number of benzene rings is 3. The van der Waals surface area contributed by atoms with E-state index in [0.717, 1.165) is 30.0 Å². The van der Waals surface area contributed by atoms with Crippen LogP contribution in [-0.2, 0) is 24.7 Å². The van der Waals surface area contributed by atoms with Crippen LogP contribution in [0.25, 0.3) is 0 Å². The van der Waals surface area contributed by atoms with Gasteiger partial charge in [-0.1, -0.05) is 60.3 Å². The number of hydrogen-bond donors (Lipinski definition) is 0. The van der Waals surface area contributed by atoms with Crippen molar-refractivity contribution < 1.29 is 14.3 Å². The summed E-state index contributed by atoms with van der Waals surface area (Å²) < 4.78 is 13.8. The van der Waals surface area contributed by atoms with Crippen molar-refractivity contribution in [3.63, 3.8) is 0 Å². The summed E-state index contributed by atoms with van der Waals surface area (Å²) in [5.41, 5.74) is 4.26. The summed E-state index contributed by atoms with van der Waals surface area (Å²) in [6, 6.07) is 23.9. The van der Waals surface area contributed by atoms with Crippen LogP contribution in [0, 0.1) is 0 Å². The van der Waals surface area contributed by atoms with Crippen molar-refractivity contribution in [3.05, 3.63) is 89.7 Å². The van der Waals surface area contributed by atoms with Gasteiger partial charge in [-0.3, -0.25) is 9.69 Å². The van der Waals surface area contributed by atoms with Crippen LogP contribution in [-0.4, -0.2) is 33.0 Å². The molecule has 6 rings (SSSR count). The van der Waals surface area contributed by atoms with Crippen LogP contribution in [0.5, 0.6) is 11.5 Å². The molecule has 0 N–H and O–H groups in total. The van der Waals surface area contributed by atoms with Crippen LogP contribution in [0.3, 0.4) is 0 Å². The quantitative estimate of drug-likeness (QED) is 0.385. The van der Waals surface area contributed by atoms with Crippen molar-refractivity contribution in [2.24, 2.45) is 7.05 Å². The second kappa shape index (κ2) is 9.11. The monoisotopic (exact) mass is 484 g/mol. The van der Waals surface area contributed by atoms with E-state index in [-0.39, 0.29) is 17.8 Å². The molecule has 3 heterocycles. The van der Waals surface area contributed by atoms with Gasteiger partial charge in [-0.2, -0.15) is 0 Å². The smallest absolute Gasteiger partial charge is 0.242 e. The maximum atomic E-state index is 13.6. The first-order valence-corrected chi connectivity index (χ1v) is 12.6. The summed E-state index contributed by atoms with van der Waals surface area (Å²) >= 11 is 1.38. The number of nitrogens with zero attached hydrogens (tertiary/aromatic N) is 4. The van der Waals surface area contributed by atoms with Gasteiger partial charge in [0.15, 0.2) is 28.6 Å². The van der Waals surface area contributed by atoms with Gasteiger partial charge in [-0.05, 0) is 48.2 Å². The Balaban J connectivity index is 1.22. The SMILES string of the molecule is Cn1c(SCC(=O)N2c3ccccc3CCc3ccccc32)nnc1C1COc2ccccc2O1. The van der Waals surface area contributed by atoms with E-state index in [1.807, 2.05) is 77.2 Å². The number of para-hydroxylation sites is 4. The van der Waals surface area contributed by atoms with Crippen molar-refractivity contribution in [2.75, 3.05) is 17.3 Å². The van der Waals surface area contributed by atoms with Gasteiger partial charge in [0, 0.05) is 7.05 Å². The molecule has 0 saturated heterocycles. The lowest BCUT2D eigenvalue weighted by molar-refractivity contribution is -0.115. The van der Waals surface area contributed by atoms with Gasteiger partial charge < -0.3 is 14.0 Å². The zero-order valence-electron chi connectivity index (χ0n) is 19.3. The third-order valence-electron chi connectivity index (χ3n) is 6.37. The van der Waals surface area contributed by atoms with Crippen LogP contribution in [0.4, 0.5) is 11.4 Å². The van der Waals surface area contributed by atoms with Gasteiger partial charge in [0.2, 0.25) is 5.91 Å². The molecule has 1 aromatic heterocycles. The summed E-state index contributed by atoms with van der Waals surface area (Å²) in [6.07, 6.45) is 1.45. The van der Waals surface area contributed by atoms with E-state index >= 15 is 0 Å². The van der Waals surface area contributed by atoms with Gasteiger partial charge >= 0.3 is 0 Å². The van der Waals surface area contributed by atoms with Crippen molar-refractivity contribution in [3.8, 4) is 11.5 Å². The molecule has 0 bridgehead atoms. The van der Waals surface area contributed by atoms with Crippen LogP contribution in [0.15, 0.2) is 78.0 Å². The highest BCUT2D eigenvalue weighted by molar-refractivity contribution is 7.99. The lowest BCUT2D eigenvalue weighted by Gasteiger charge is -2.25. The molecule has 2 aliphatic heterocycles. The zero-order valence-corrected chi connectivity index (χ0v) is 20.1. The average molecular weight is 485 g/mol. The molecular formula is C27H24N4O3S. The van der Waals surface area contributed by atoms with E-state index in [4.69, 9.17) is 9.47 Å². The summed E-state index contributed by atoms with van der Waals surface area (Å²) in [7, 11) is 1.89. The third kappa shape index (κ3) is 4.04. The maximum Gasteiger partial charge on any atom is 0.242 e. The highest BCUT2D eigenvalue weighted by Gasteiger charge is 2.29. The number of aryl methyl sites for hydroxylation is 2. The van der Waals surface area contributed by atoms with Crippen LogP contribution in [0.2, 0.25) is 0 Å². The van der Waals surface area contributed by atoms with E-state index in [1.165, 1.54) is 22.9 Å². The van der Waals surface area contributed by atoms with E-state index in [1.54, 1.807) is 0 Å². The third-order valence-corrected chi connectivity index (χ3v) is 7.37. The second-order valence-corrected chi connectivity index (χ2v) is 9.48. The predicted octanol–water partition coefficient (Wildman–Crippen LogP) is 4.88. The lowest BCUT2D eigenvalue weighted by Crippen LogP contribution is -2.28. The number of carbonyl (C=O) groups is 1. The van der Waals surface area contributed by atoms with Gasteiger partial charge in [0.1, 0.15) is 6.61 Å². The highest BCUT2D eigenvalue weighted by atomic mass is 32.2. The first-order valence-electron chi connectivity index (χ1n) is 11.6. The van der Waals surface area contributed by atoms with E-state index in [9.17, 15) is 4.79 Å². The van der Waals surface area contributed by atoms with Crippen molar-refractivity contribution in [1.29, 1.82) is 0 Å². The van der Waals surface area contributed by atoms with Gasteiger partial charge in [0.25, 0.3) is 0 Å². The van der Waals surface area contributed by atoms with Crippen LogP contribution in [0.1, 0.15) is 23.1 Å². The zero-order chi connectivity index (χ0) is 23.8. The van der Waals surface area contributed by atoms with Gasteiger partial charge in [-0.15, -0.1) is 10.2 Å². The lowest BCUT2D eigenvalue weighted by atomic mass is 10.0. The molecule has 35 heavy (non-hydrogen) atoms. The molecule has 4 aromatic rings. The molecule has 1 unspecified atom stereocenters. The summed E-state index contributed by atoms with van der Waals surface area (Å²) in [4.78, 5) is 15.5. The summed E-state index contributed by atoms with van der Waals surface area (Å²) in [6.45, 7) is 0.355. The molecule has 8 heteroatoms. The van der Waals surface area contributed by atoms with Crippen LogP contribution < -0.4 is 14.4 Å². The minimum absolute atomic E-state index is 0.00697. The Labute approximate surface area is 207 Å². The molecule has 3 aromatic carbocycles. The predicted molar refractivity (Wildman–Crippen MR) is 134 cm³/mol. The molecule has 1 amide bonds. The molecule has 1 atom stereocenters. The number of thioether (sulfide) groups is 1. The molecule has 0 fully saturated rings. The van der Waals surface area contributed by atoms with Crippen molar-refractivity contribution in [2.45, 2.75) is 24.1 Å². The standard InChI is InChI=1S/C27H24N4O3S/c1-30-26(24-16-33-22-12-6-7-13-23(22)34-24)28-29-27(30)35-17-25(32)31-20-10-4-2-8-18(20)14-15-19-9-3-5-11-21(19)31/h2-13,24H,14-17H2,1H3. The molecule has 0 radical (unpaired) electrons. The number of carbonyl (C=O) groups excluding carboxylic acids is 1. The maximum absolute atomic E-state index is 13.6. The highest BCUT2D eigenvalue weighted by Crippen LogP contribution is 2.38. The largest absolute Gasteiger partial charge is 0.485 e. The minimum Gasteiger partial charge on any atom is -0.485 e. The molecule has 2 aliphatic rings. The Bertz CT molecular complexity index is 1360. The summed E-state index contributed by atoms with van der Waals surface area (Å²) in [5, 5.41) is 9.35. The van der Waals surface area contributed by atoms with Gasteiger partial charge in [-0.25, -0.2) is 0 Å². The van der Waals surface area contributed by atoms with Crippen LogP contribution >= 0.6 is 11.8 Å². The number of amides is 1. The molecule has 7 nitrogen and oxygen atoms in total. The fourth-order valence-corrected chi connectivity index (χ4v) is 5.39. The number of aromatic nitrogens is 3. The fraction of sp³-hybridized carbons (Fsp3) is 0.222. The Kier molecular flexibility index (Phi) is 5.66. The first-order chi connectivity index (χ1) is 17.2. The van der Waals surface area contributed by atoms with Gasteiger partial charge in [0.05, 0.1) is 17.1 Å². The van der Waals surface area contributed by atoms with E-state index < -0.39 is 0 Å². The average Bonchev–Trinajstić information content (AvgIpc) is 3.17. The van der Waals surface area contributed by atoms with Crippen molar-refractivity contribution >= 4 is 29.0 Å². The molecule has 0 spiro atoms. The second-order valence-electron chi connectivity index (χ2n) is 8.54. The molecule has 0 aliphatic carbocycles. The number of rotatable bonds is 4.